The number of aryl methyl sites for hydroxylation is 2. The van der Waals surface area contributed by atoms with Crippen molar-refractivity contribution in [1.82, 2.24) is 14.5 Å². The first-order chi connectivity index (χ1) is 14.1. The Kier molecular flexibility index (Phi) is 4.53. The number of carbonyl (C=O) groups is 1. The molecule has 2 aliphatic rings. The van der Waals surface area contributed by atoms with Crippen LogP contribution in [0.2, 0.25) is 0 Å². The summed E-state index contributed by atoms with van der Waals surface area (Å²) in [6.07, 6.45) is 2.87. The molecule has 1 saturated carbocycles. The molecule has 1 amide bonds. The van der Waals surface area contributed by atoms with Gasteiger partial charge in [-0.25, -0.2) is 4.98 Å². The van der Waals surface area contributed by atoms with E-state index < -0.39 is 0 Å². The SMILES string of the molecule is Cc1ccc(C)c(OCCn2c(C3CC(=O)N(C4CC4)C3)nc3ccccc32)c1. The third-order valence-electron chi connectivity index (χ3n) is 6.11. The number of rotatable bonds is 6. The topological polar surface area (TPSA) is 47.4 Å². The van der Waals surface area contributed by atoms with Crippen LogP contribution in [0.15, 0.2) is 42.5 Å². The van der Waals surface area contributed by atoms with Crippen molar-refractivity contribution in [3.05, 3.63) is 59.4 Å². The van der Waals surface area contributed by atoms with Gasteiger partial charge in [-0.2, -0.15) is 0 Å². The molecule has 1 aliphatic carbocycles. The number of ether oxygens (including phenoxy) is 1. The fraction of sp³-hybridized carbons (Fsp3) is 0.417. The molecular formula is C24H27N3O2. The first-order valence-corrected chi connectivity index (χ1v) is 10.5. The van der Waals surface area contributed by atoms with Crippen molar-refractivity contribution in [2.75, 3.05) is 13.2 Å². The summed E-state index contributed by atoms with van der Waals surface area (Å²) in [5.41, 5.74) is 4.45. The van der Waals surface area contributed by atoms with Gasteiger partial charge in [-0.15, -0.1) is 0 Å². The summed E-state index contributed by atoms with van der Waals surface area (Å²) in [7, 11) is 0. The monoisotopic (exact) mass is 389 g/mol. The van der Waals surface area contributed by atoms with Gasteiger partial charge in [-0.1, -0.05) is 24.3 Å². The highest BCUT2D eigenvalue weighted by Gasteiger charge is 2.41. The van der Waals surface area contributed by atoms with Gasteiger partial charge in [-0.3, -0.25) is 4.79 Å². The molecule has 0 radical (unpaired) electrons. The van der Waals surface area contributed by atoms with Crippen LogP contribution in [0.1, 0.15) is 42.1 Å². The number of carbonyl (C=O) groups excluding carboxylic acids is 1. The number of fused-ring (bicyclic) bond motifs is 1. The molecular weight excluding hydrogens is 362 g/mol. The summed E-state index contributed by atoms with van der Waals surface area (Å²) in [6.45, 7) is 6.24. The van der Waals surface area contributed by atoms with Crippen LogP contribution in [0.4, 0.5) is 0 Å². The van der Waals surface area contributed by atoms with Crippen LogP contribution in [0, 0.1) is 13.8 Å². The summed E-state index contributed by atoms with van der Waals surface area (Å²) < 4.78 is 8.38. The maximum absolute atomic E-state index is 12.5. The molecule has 1 saturated heterocycles. The molecule has 29 heavy (non-hydrogen) atoms. The van der Waals surface area contributed by atoms with E-state index in [4.69, 9.17) is 9.72 Å². The van der Waals surface area contributed by atoms with Crippen LogP contribution >= 0.6 is 0 Å². The Morgan fingerprint density at radius 3 is 2.79 bits per heavy atom. The fourth-order valence-corrected chi connectivity index (χ4v) is 4.39. The van der Waals surface area contributed by atoms with Crippen LogP contribution in [-0.2, 0) is 11.3 Å². The number of nitrogens with zero attached hydrogens (tertiary/aromatic N) is 3. The predicted molar refractivity (Wildman–Crippen MR) is 113 cm³/mol. The summed E-state index contributed by atoms with van der Waals surface area (Å²) in [5.74, 6) is 2.40. The van der Waals surface area contributed by atoms with E-state index in [1.54, 1.807) is 0 Å². The van der Waals surface area contributed by atoms with Gasteiger partial charge < -0.3 is 14.2 Å². The predicted octanol–water partition coefficient (Wildman–Crippen LogP) is 4.21. The standard InChI is InChI=1S/C24H27N3O2/c1-16-7-8-17(2)22(13-16)29-12-11-26-21-6-4-3-5-20(21)25-24(26)18-14-23(28)27(15-18)19-9-10-19/h3-8,13,18-19H,9-12,14-15H2,1-2H3. The highest BCUT2D eigenvalue weighted by atomic mass is 16.5. The molecule has 1 aliphatic heterocycles. The van der Waals surface area contributed by atoms with E-state index in [1.165, 1.54) is 5.56 Å². The fourth-order valence-electron chi connectivity index (χ4n) is 4.39. The summed E-state index contributed by atoms with van der Waals surface area (Å²) in [6, 6.07) is 15.0. The molecule has 2 fully saturated rings. The summed E-state index contributed by atoms with van der Waals surface area (Å²) in [5, 5.41) is 0. The minimum atomic E-state index is 0.163. The molecule has 0 bridgehead atoms. The highest BCUT2D eigenvalue weighted by molar-refractivity contribution is 5.81. The maximum Gasteiger partial charge on any atom is 0.223 e. The average molecular weight is 389 g/mol. The number of amides is 1. The van der Waals surface area contributed by atoms with Crippen molar-refractivity contribution >= 4 is 16.9 Å². The lowest BCUT2D eigenvalue weighted by atomic mass is 10.1. The van der Waals surface area contributed by atoms with Crippen LogP contribution in [0.25, 0.3) is 11.0 Å². The second-order valence-corrected chi connectivity index (χ2v) is 8.41. The maximum atomic E-state index is 12.5. The number of hydrogen-bond acceptors (Lipinski definition) is 3. The number of para-hydroxylation sites is 2. The van der Waals surface area contributed by atoms with Gasteiger partial charge in [-0.05, 0) is 56.0 Å². The molecule has 2 aromatic carbocycles. The molecule has 1 atom stereocenters. The van der Waals surface area contributed by atoms with Gasteiger partial charge in [0.1, 0.15) is 18.2 Å². The molecule has 0 N–H and O–H groups in total. The van der Waals surface area contributed by atoms with Crippen LogP contribution in [0.5, 0.6) is 5.75 Å². The number of hydrogen-bond donors (Lipinski definition) is 0. The third-order valence-corrected chi connectivity index (χ3v) is 6.11. The van der Waals surface area contributed by atoms with Crippen molar-refractivity contribution in [1.29, 1.82) is 0 Å². The number of aromatic nitrogens is 2. The van der Waals surface area contributed by atoms with E-state index in [0.717, 1.165) is 54.1 Å². The van der Waals surface area contributed by atoms with Crippen molar-refractivity contribution in [2.45, 2.75) is 51.6 Å². The lowest BCUT2D eigenvalue weighted by molar-refractivity contribution is -0.128. The minimum Gasteiger partial charge on any atom is -0.491 e. The van der Waals surface area contributed by atoms with Gasteiger partial charge in [0, 0.05) is 24.9 Å². The van der Waals surface area contributed by atoms with E-state index in [1.807, 2.05) is 12.1 Å². The Morgan fingerprint density at radius 1 is 1.14 bits per heavy atom. The largest absolute Gasteiger partial charge is 0.491 e. The van der Waals surface area contributed by atoms with E-state index in [2.05, 4.69) is 53.6 Å². The quantitative estimate of drug-likeness (QED) is 0.634. The molecule has 1 aromatic heterocycles. The molecule has 150 valence electrons. The lowest BCUT2D eigenvalue weighted by Crippen LogP contribution is -2.27. The van der Waals surface area contributed by atoms with E-state index in [-0.39, 0.29) is 11.8 Å². The normalized spacial score (nSPS) is 19.3. The molecule has 5 nitrogen and oxygen atoms in total. The van der Waals surface area contributed by atoms with Crippen molar-refractivity contribution in [2.24, 2.45) is 0 Å². The molecule has 2 heterocycles. The van der Waals surface area contributed by atoms with Crippen molar-refractivity contribution < 1.29 is 9.53 Å². The average Bonchev–Trinajstić information content (AvgIpc) is 3.39. The first-order valence-electron chi connectivity index (χ1n) is 10.5. The lowest BCUT2D eigenvalue weighted by Gasteiger charge is -2.17. The molecule has 5 rings (SSSR count). The van der Waals surface area contributed by atoms with Gasteiger partial charge in [0.15, 0.2) is 0 Å². The van der Waals surface area contributed by atoms with Crippen molar-refractivity contribution in [3.8, 4) is 5.75 Å². The minimum absolute atomic E-state index is 0.163. The van der Waals surface area contributed by atoms with Crippen LogP contribution < -0.4 is 4.74 Å². The zero-order valence-electron chi connectivity index (χ0n) is 17.1. The number of benzene rings is 2. The van der Waals surface area contributed by atoms with Crippen LogP contribution in [-0.4, -0.2) is 39.6 Å². The summed E-state index contributed by atoms with van der Waals surface area (Å²) >= 11 is 0. The Hall–Kier alpha value is -2.82. The Bertz CT molecular complexity index is 1070. The molecule has 0 spiro atoms. The summed E-state index contributed by atoms with van der Waals surface area (Å²) in [4.78, 5) is 19.5. The van der Waals surface area contributed by atoms with E-state index >= 15 is 0 Å². The van der Waals surface area contributed by atoms with Gasteiger partial charge >= 0.3 is 0 Å². The Balaban J connectivity index is 1.39. The smallest absolute Gasteiger partial charge is 0.223 e. The van der Waals surface area contributed by atoms with Crippen molar-refractivity contribution in [3.63, 3.8) is 0 Å². The zero-order valence-corrected chi connectivity index (χ0v) is 17.1. The molecule has 3 aromatic rings. The second kappa shape index (κ2) is 7.21. The highest BCUT2D eigenvalue weighted by Crippen LogP contribution is 2.37. The van der Waals surface area contributed by atoms with Gasteiger partial charge in [0.05, 0.1) is 17.6 Å². The Morgan fingerprint density at radius 2 is 1.97 bits per heavy atom. The molecule has 5 heteroatoms. The number of likely N-dealkylation sites (tertiary alicyclic amines) is 1. The first kappa shape index (κ1) is 18.2. The number of imidazole rings is 1. The van der Waals surface area contributed by atoms with Gasteiger partial charge in [0.25, 0.3) is 0 Å². The molecule has 1 unspecified atom stereocenters. The Labute approximate surface area is 171 Å². The zero-order chi connectivity index (χ0) is 20.0. The van der Waals surface area contributed by atoms with E-state index in [9.17, 15) is 4.79 Å². The van der Waals surface area contributed by atoms with Gasteiger partial charge in [0.2, 0.25) is 5.91 Å². The van der Waals surface area contributed by atoms with E-state index in [0.29, 0.717) is 19.1 Å². The third kappa shape index (κ3) is 3.50. The second-order valence-electron chi connectivity index (χ2n) is 8.41. The van der Waals surface area contributed by atoms with Crippen LogP contribution in [0.3, 0.4) is 0 Å².